The molecule has 1 unspecified atom stereocenters. The molecule has 0 aliphatic carbocycles. The summed E-state index contributed by atoms with van der Waals surface area (Å²) < 4.78 is 5.23. The molecule has 0 saturated heterocycles. The molecule has 0 bridgehead atoms. The van der Waals surface area contributed by atoms with E-state index >= 15 is 0 Å². The van der Waals surface area contributed by atoms with Crippen molar-refractivity contribution in [2.45, 2.75) is 25.2 Å². The van der Waals surface area contributed by atoms with Crippen LogP contribution in [0.25, 0.3) is 0 Å². The van der Waals surface area contributed by atoms with E-state index in [0.29, 0.717) is 35.0 Å². The van der Waals surface area contributed by atoms with Crippen molar-refractivity contribution in [2.75, 3.05) is 24.3 Å². The average molecular weight is 370 g/mol. The van der Waals surface area contributed by atoms with E-state index < -0.39 is 0 Å². The molecule has 1 aliphatic heterocycles. The third-order valence-electron chi connectivity index (χ3n) is 4.72. The minimum Gasteiger partial charge on any atom is -0.495 e. The molecule has 2 aromatic rings. The van der Waals surface area contributed by atoms with Gasteiger partial charge in [0, 0.05) is 29.2 Å². The van der Waals surface area contributed by atoms with Gasteiger partial charge in [0.25, 0.3) is 5.91 Å². The number of benzene rings is 2. The number of carbonyl (C=O) groups excluding carboxylic acids is 1. The number of nitrogens with two attached hydrogens (primary N) is 1. The molecule has 134 valence electrons. The Morgan fingerprint density at radius 3 is 2.92 bits per heavy atom. The third-order valence-corrected chi connectivity index (χ3v) is 4.95. The van der Waals surface area contributed by atoms with Crippen molar-refractivity contribution in [3.05, 3.63) is 52.5 Å². The summed E-state index contributed by atoms with van der Waals surface area (Å²) in [6.45, 7) is 0.585. The third kappa shape index (κ3) is 3.47. The fourth-order valence-electron chi connectivity index (χ4n) is 3.40. The average Bonchev–Trinajstić information content (AvgIpc) is 2.81. The largest absolute Gasteiger partial charge is 0.495 e. The highest BCUT2D eigenvalue weighted by molar-refractivity contribution is 6.30. The number of fused-ring (bicyclic) bond motifs is 1. The van der Waals surface area contributed by atoms with Gasteiger partial charge in [-0.1, -0.05) is 11.6 Å². The van der Waals surface area contributed by atoms with Gasteiger partial charge in [-0.15, -0.1) is 0 Å². The monoisotopic (exact) mass is 369 g/mol. The van der Waals surface area contributed by atoms with Crippen molar-refractivity contribution in [3.63, 3.8) is 0 Å². The second-order valence-electron chi connectivity index (χ2n) is 6.32. The predicted molar refractivity (Wildman–Crippen MR) is 103 cm³/mol. The van der Waals surface area contributed by atoms with Crippen molar-refractivity contribution < 1.29 is 9.53 Å². The Labute approximate surface area is 157 Å². The summed E-state index contributed by atoms with van der Waals surface area (Å²) in [7, 11) is 1.52. The fraction of sp³-hybridized carbons (Fsp3) is 0.300. The molecule has 0 saturated carbocycles. The first-order valence-electron chi connectivity index (χ1n) is 8.47. The van der Waals surface area contributed by atoms with Crippen LogP contribution in [0.2, 0.25) is 5.02 Å². The van der Waals surface area contributed by atoms with Gasteiger partial charge >= 0.3 is 0 Å². The second-order valence-corrected chi connectivity index (χ2v) is 6.75. The number of rotatable bonds is 3. The zero-order valence-corrected chi connectivity index (χ0v) is 15.3. The van der Waals surface area contributed by atoms with Gasteiger partial charge in [0.15, 0.2) is 0 Å². The molecule has 6 heteroatoms. The lowest BCUT2D eigenvalue weighted by atomic mass is 9.91. The summed E-state index contributed by atoms with van der Waals surface area (Å²) >= 11 is 6.18. The second kappa shape index (κ2) is 7.67. The number of methoxy groups -OCH3 is 1. The molecule has 2 N–H and O–H groups in total. The van der Waals surface area contributed by atoms with Crippen LogP contribution in [0, 0.1) is 11.3 Å². The molecule has 0 fully saturated rings. The Bertz CT molecular complexity index is 876. The fourth-order valence-corrected chi connectivity index (χ4v) is 3.58. The van der Waals surface area contributed by atoms with E-state index in [1.165, 1.54) is 7.11 Å². The Morgan fingerprint density at radius 2 is 2.19 bits per heavy atom. The molecular formula is C20H20ClN3O2. The molecule has 2 aromatic carbocycles. The van der Waals surface area contributed by atoms with Crippen LogP contribution in [0.4, 0.5) is 11.4 Å². The highest BCUT2D eigenvalue weighted by atomic mass is 35.5. The Hall–Kier alpha value is -2.71. The summed E-state index contributed by atoms with van der Waals surface area (Å²) in [6.07, 6.45) is 2.07. The zero-order valence-electron chi connectivity index (χ0n) is 14.5. The summed E-state index contributed by atoms with van der Waals surface area (Å²) in [5, 5.41) is 9.76. The number of nitriles is 1. The van der Waals surface area contributed by atoms with Crippen LogP contribution in [-0.4, -0.2) is 19.6 Å². The molecular weight excluding hydrogens is 350 g/mol. The quantitative estimate of drug-likeness (QED) is 0.815. The lowest BCUT2D eigenvalue weighted by Crippen LogP contribution is -2.31. The van der Waals surface area contributed by atoms with E-state index in [-0.39, 0.29) is 11.8 Å². The van der Waals surface area contributed by atoms with Crippen molar-refractivity contribution in [3.8, 4) is 11.8 Å². The van der Waals surface area contributed by atoms with Crippen molar-refractivity contribution >= 4 is 28.9 Å². The van der Waals surface area contributed by atoms with Gasteiger partial charge in [0.1, 0.15) is 5.75 Å². The molecule has 0 aromatic heterocycles. The number of nitrogen functional groups attached to an aromatic ring is 1. The maximum absolute atomic E-state index is 13.2. The standard InChI is InChI=1S/C20H20ClN3O2/c1-26-19-11-14(4-6-17(19)23)20(25)24-10-2-3-13(8-9-22)16-12-15(21)5-7-18(16)24/h4-7,11-13H,2-3,8,10,23H2,1H3. The first-order chi connectivity index (χ1) is 12.5. The number of ether oxygens (including phenoxy) is 1. The molecule has 0 radical (unpaired) electrons. The summed E-state index contributed by atoms with van der Waals surface area (Å²) in [4.78, 5) is 14.9. The maximum Gasteiger partial charge on any atom is 0.258 e. The van der Waals surface area contributed by atoms with Gasteiger partial charge in [-0.3, -0.25) is 4.79 Å². The molecule has 1 amide bonds. The molecule has 3 rings (SSSR count). The molecule has 0 spiro atoms. The highest BCUT2D eigenvalue weighted by Crippen LogP contribution is 2.38. The number of anilines is 2. The van der Waals surface area contributed by atoms with Crippen LogP contribution < -0.4 is 15.4 Å². The molecule has 1 heterocycles. The van der Waals surface area contributed by atoms with E-state index in [9.17, 15) is 4.79 Å². The van der Waals surface area contributed by atoms with Crippen LogP contribution in [0.15, 0.2) is 36.4 Å². The lowest BCUT2D eigenvalue weighted by molar-refractivity contribution is 0.0986. The smallest absolute Gasteiger partial charge is 0.258 e. The van der Waals surface area contributed by atoms with Crippen molar-refractivity contribution in [1.29, 1.82) is 5.26 Å². The van der Waals surface area contributed by atoms with Gasteiger partial charge < -0.3 is 15.4 Å². The Morgan fingerprint density at radius 1 is 1.38 bits per heavy atom. The number of nitrogens with zero attached hydrogens (tertiary/aromatic N) is 2. The molecule has 1 atom stereocenters. The summed E-state index contributed by atoms with van der Waals surface area (Å²) in [6, 6.07) is 12.8. The SMILES string of the molecule is COc1cc(C(=O)N2CCCC(CC#N)c3cc(Cl)ccc32)ccc1N. The van der Waals surface area contributed by atoms with E-state index in [1.54, 1.807) is 29.2 Å². The van der Waals surface area contributed by atoms with Gasteiger partial charge in [-0.25, -0.2) is 0 Å². The minimum atomic E-state index is -0.121. The van der Waals surface area contributed by atoms with Crippen molar-refractivity contribution in [2.24, 2.45) is 0 Å². The van der Waals surface area contributed by atoms with Crippen LogP contribution in [0.1, 0.15) is 41.1 Å². The summed E-state index contributed by atoms with van der Waals surface area (Å²) in [5.41, 5.74) is 8.61. The van der Waals surface area contributed by atoms with Gasteiger partial charge in [-0.2, -0.15) is 5.26 Å². The molecule has 5 nitrogen and oxygen atoms in total. The Balaban J connectivity index is 2.03. The van der Waals surface area contributed by atoms with Crippen LogP contribution in [-0.2, 0) is 0 Å². The Kier molecular flexibility index (Phi) is 5.34. The maximum atomic E-state index is 13.2. The predicted octanol–water partition coefficient (Wildman–Crippen LogP) is 4.37. The molecule has 26 heavy (non-hydrogen) atoms. The lowest BCUT2D eigenvalue weighted by Gasteiger charge is -2.24. The number of hydrogen-bond donors (Lipinski definition) is 1. The van der Waals surface area contributed by atoms with E-state index in [0.717, 1.165) is 24.1 Å². The normalized spacial score (nSPS) is 16.3. The zero-order chi connectivity index (χ0) is 18.7. The number of hydrogen-bond acceptors (Lipinski definition) is 4. The van der Waals surface area contributed by atoms with E-state index in [2.05, 4.69) is 6.07 Å². The highest BCUT2D eigenvalue weighted by Gasteiger charge is 2.27. The van der Waals surface area contributed by atoms with Crippen LogP contribution >= 0.6 is 11.6 Å². The first kappa shape index (κ1) is 18.1. The molecule has 1 aliphatic rings. The topological polar surface area (TPSA) is 79.3 Å². The van der Waals surface area contributed by atoms with Crippen molar-refractivity contribution in [1.82, 2.24) is 0 Å². The van der Waals surface area contributed by atoms with E-state index in [4.69, 9.17) is 27.3 Å². The van der Waals surface area contributed by atoms with Crippen LogP contribution in [0.5, 0.6) is 5.75 Å². The van der Waals surface area contributed by atoms with Gasteiger partial charge in [-0.05, 0) is 60.7 Å². The number of halogens is 1. The van der Waals surface area contributed by atoms with Gasteiger partial charge in [0.2, 0.25) is 0 Å². The number of carbonyl (C=O) groups is 1. The first-order valence-corrected chi connectivity index (χ1v) is 8.84. The number of amides is 1. The van der Waals surface area contributed by atoms with E-state index in [1.807, 2.05) is 12.1 Å². The summed E-state index contributed by atoms with van der Waals surface area (Å²) in [5.74, 6) is 0.432. The minimum absolute atomic E-state index is 0.0763. The van der Waals surface area contributed by atoms with Gasteiger partial charge in [0.05, 0.1) is 18.9 Å². The van der Waals surface area contributed by atoms with Crippen LogP contribution in [0.3, 0.4) is 0 Å².